The van der Waals surface area contributed by atoms with Crippen LogP contribution in [-0.4, -0.2) is 33.3 Å². The van der Waals surface area contributed by atoms with Crippen molar-refractivity contribution in [3.8, 4) is 5.69 Å². The first-order valence-electron chi connectivity index (χ1n) is 11.3. The molecular formula is C26H27N5O. The van der Waals surface area contributed by atoms with Crippen LogP contribution in [0.1, 0.15) is 32.3 Å². The van der Waals surface area contributed by atoms with Crippen molar-refractivity contribution in [2.75, 3.05) is 11.4 Å². The first-order chi connectivity index (χ1) is 15.8. The molecule has 2 atom stereocenters. The quantitative estimate of drug-likeness (QED) is 0.511. The fourth-order valence-electron chi connectivity index (χ4n) is 4.83. The molecule has 162 valence electrons. The predicted octanol–water partition coefficient (Wildman–Crippen LogP) is 4.51. The lowest BCUT2D eigenvalue weighted by atomic mass is 9.99. The second-order valence-electron chi connectivity index (χ2n) is 8.73. The van der Waals surface area contributed by atoms with Gasteiger partial charge in [-0.3, -0.25) is 9.78 Å². The average Bonchev–Trinajstić information content (AvgIpc) is 3.49. The Balaban J connectivity index is 0.00000228. The molecule has 0 spiro atoms. The Hall–Kier alpha value is -3.67. The highest BCUT2D eigenvalue weighted by atomic mass is 16.2. The number of rotatable bonds is 5. The van der Waals surface area contributed by atoms with Crippen LogP contribution in [0, 0.1) is 5.92 Å². The van der Waals surface area contributed by atoms with Gasteiger partial charge in [0, 0.05) is 37.4 Å². The number of fused-ring (bicyclic) bond motifs is 1. The molecule has 1 saturated heterocycles. The molecule has 6 nitrogen and oxygen atoms in total. The number of nitrogens with one attached hydrogen (secondary N) is 1. The highest BCUT2D eigenvalue weighted by Gasteiger charge is 2.39. The number of carbonyl (C=O) groups excluding carboxylic acids is 1. The number of anilines is 1. The maximum absolute atomic E-state index is 12.5. The van der Waals surface area contributed by atoms with E-state index >= 15 is 0 Å². The van der Waals surface area contributed by atoms with Gasteiger partial charge in [-0.25, -0.2) is 4.68 Å². The number of pyridine rings is 1. The molecule has 32 heavy (non-hydrogen) atoms. The molecule has 3 heterocycles. The van der Waals surface area contributed by atoms with Gasteiger partial charge in [-0.15, -0.1) is 0 Å². The van der Waals surface area contributed by atoms with E-state index in [0.29, 0.717) is 0 Å². The van der Waals surface area contributed by atoms with Gasteiger partial charge in [0.05, 0.1) is 29.5 Å². The Morgan fingerprint density at radius 3 is 2.56 bits per heavy atom. The Morgan fingerprint density at radius 1 is 0.969 bits per heavy atom. The Bertz CT molecular complexity index is 1260. The lowest BCUT2D eigenvalue weighted by Crippen LogP contribution is -2.40. The van der Waals surface area contributed by atoms with Crippen molar-refractivity contribution >= 4 is 22.5 Å². The van der Waals surface area contributed by atoms with Gasteiger partial charge < -0.3 is 10.2 Å². The molecule has 1 aliphatic carbocycles. The van der Waals surface area contributed by atoms with Crippen LogP contribution >= 0.6 is 0 Å². The van der Waals surface area contributed by atoms with E-state index < -0.39 is 0 Å². The zero-order valence-corrected chi connectivity index (χ0v) is 17.8. The monoisotopic (exact) mass is 425 g/mol. The average molecular weight is 426 g/mol. The molecule has 0 unspecified atom stereocenters. The lowest BCUT2D eigenvalue weighted by molar-refractivity contribution is -0.123. The number of amides is 1. The van der Waals surface area contributed by atoms with Crippen LogP contribution in [0.2, 0.25) is 0 Å². The van der Waals surface area contributed by atoms with E-state index in [0.717, 1.165) is 48.1 Å². The molecule has 1 amide bonds. The minimum atomic E-state index is 0. The number of carbonyl (C=O) groups is 1. The summed E-state index contributed by atoms with van der Waals surface area (Å²) < 4.78 is 1.94. The van der Waals surface area contributed by atoms with E-state index in [2.05, 4.69) is 62.8 Å². The molecule has 1 saturated carbocycles. The van der Waals surface area contributed by atoms with Gasteiger partial charge in [0.1, 0.15) is 0 Å². The second-order valence-corrected chi connectivity index (χ2v) is 8.73. The van der Waals surface area contributed by atoms with Gasteiger partial charge in [-0.05, 0) is 55.2 Å². The molecule has 2 aliphatic rings. The maximum atomic E-state index is 12.5. The molecule has 2 aromatic heterocycles. The van der Waals surface area contributed by atoms with Gasteiger partial charge in [0.2, 0.25) is 5.91 Å². The van der Waals surface area contributed by atoms with Crippen molar-refractivity contribution in [1.29, 1.82) is 0 Å². The Labute approximate surface area is 188 Å². The molecule has 2 aromatic carbocycles. The van der Waals surface area contributed by atoms with Crippen molar-refractivity contribution < 1.29 is 6.22 Å². The summed E-state index contributed by atoms with van der Waals surface area (Å²) in [6.45, 7) is 0.902. The topological polar surface area (TPSA) is 63.1 Å². The van der Waals surface area contributed by atoms with Gasteiger partial charge >= 0.3 is 0 Å². The van der Waals surface area contributed by atoms with Crippen molar-refractivity contribution in [2.24, 2.45) is 5.92 Å². The van der Waals surface area contributed by atoms with E-state index in [-0.39, 0.29) is 25.3 Å². The van der Waals surface area contributed by atoms with Gasteiger partial charge in [-0.2, -0.15) is 5.10 Å². The van der Waals surface area contributed by atoms with Crippen LogP contribution < -0.4 is 10.2 Å². The van der Waals surface area contributed by atoms with E-state index in [1.54, 1.807) is 12.4 Å². The smallest absolute Gasteiger partial charge is 0.223 e. The van der Waals surface area contributed by atoms with Crippen LogP contribution in [0.15, 0.2) is 79.3 Å². The lowest BCUT2D eigenvalue weighted by Gasteiger charge is -2.31. The fourth-order valence-corrected chi connectivity index (χ4v) is 4.83. The van der Waals surface area contributed by atoms with Crippen molar-refractivity contribution in [2.45, 2.75) is 31.3 Å². The predicted molar refractivity (Wildman–Crippen MR) is 127 cm³/mol. The maximum Gasteiger partial charge on any atom is 0.223 e. The molecule has 6 heteroatoms. The molecule has 2 fully saturated rings. The van der Waals surface area contributed by atoms with Gasteiger partial charge in [0.25, 0.3) is 0 Å². The largest absolute Gasteiger partial charge is 0.362 e. The summed E-state index contributed by atoms with van der Waals surface area (Å²) in [6, 6.07) is 21.2. The van der Waals surface area contributed by atoms with E-state index in [9.17, 15) is 4.79 Å². The zero-order valence-electron chi connectivity index (χ0n) is 17.8. The van der Waals surface area contributed by atoms with E-state index in [1.165, 1.54) is 5.56 Å². The molecule has 1 N–H and O–H groups in total. The summed E-state index contributed by atoms with van der Waals surface area (Å²) in [6.07, 6.45) is 8.46. The zero-order chi connectivity index (χ0) is 21.5. The molecule has 1 aliphatic heterocycles. The van der Waals surface area contributed by atoms with Crippen LogP contribution in [0.25, 0.3) is 16.6 Å². The summed E-state index contributed by atoms with van der Waals surface area (Å²) in [5.41, 5.74) is 4.45. The van der Waals surface area contributed by atoms with Crippen molar-refractivity contribution in [3.05, 3.63) is 84.8 Å². The number of aromatic nitrogens is 3. The first-order valence-corrected chi connectivity index (χ1v) is 11.3. The third-order valence-electron chi connectivity index (χ3n) is 6.61. The second kappa shape index (κ2) is 7.79. The van der Waals surface area contributed by atoms with Crippen LogP contribution in [0.5, 0.6) is 0 Å². The number of benzene rings is 2. The Morgan fingerprint density at radius 2 is 1.78 bits per heavy atom. The van der Waals surface area contributed by atoms with E-state index in [1.807, 2.05) is 29.1 Å². The molecular weight excluding hydrogens is 398 g/mol. The van der Waals surface area contributed by atoms with Crippen molar-refractivity contribution in [1.82, 2.24) is 20.1 Å². The van der Waals surface area contributed by atoms with Crippen LogP contribution in [-0.2, 0) is 4.79 Å². The minimum absolute atomic E-state index is 0. The van der Waals surface area contributed by atoms with Gasteiger partial charge in [-0.1, -0.05) is 30.3 Å². The molecule has 4 aromatic rings. The number of hydrogen-bond acceptors (Lipinski definition) is 4. The van der Waals surface area contributed by atoms with Crippen LogP contribution in [0.3, 0.4) is 0 Å². The number of nitrogens with zero attached hydrogens (tertiary/aromatic N) is 4. The summed E-state index contributed by atoms with van der Waals surface area (Å²) in [5, 5.41) is 9.05. The summed E-state index contributed by atoms with van der Waals surface area (Å²) >= 11 is 0. The highest BCUT2D eigenvalue weighted by molar-refractivity contribution is 5.84. The third kappa shape index (κ3) is 3.42. The van der Waals surface area contributed by atoms with Gasteiger partial charge in [0.15, 0.2) is 0 Å². The summed E-state index contributed by atoms with van der Waals surface area (Å²) in [7, 11) is 0. The summed E-state index contributed by atoms with van der Waals surface area (Å²) in [4.78, 5) is 19.1. The van der Waals surface area contributed by atoms with Crippen LogP contribution in [0.4, 0.5) is 5.69 Å². The SMILES string of the molecule is O=C(N[C@H]1CCN(c2ccc3c(cnn3-c3ccncc3)c2)[C@@H]1c1ccccc1)C1CC1.[HH]. The molecule has 6 rings (SSSR count). The summed E-state index contributed by atoms with van der Waals surface area (Å²) in [5.74, 6) is 0.433. The normalized spacial score (nSPS) is 20.6. The fraction of sp³-hybridized carbons (Fsp3) is 0.269. The minimum Gasteiger partial charge on any atom is -0.362 e. The third-order valence-corrected chi connectivity index (χ3v) is 6.61. The highest BCUT2D eigenvalue weighted by Crippen LogP contribution is 2.38. The Kier molecular flexibility index (Phi) is 4.63. The number of hydrogen-bond donors (Lipinski definition) is 1. The molecule has 0 radical (unpaired) electrons. The standard InChI is InChI=1S/C26H25N5O.H2/c32-26(19-6-7-19)29-23-12-15-30(25(23)18-4-2-1-3-5-18)22-8-9-24-20(16-22)17-28-31(24)21-10-13-27-14-11-21;/h1-5,8-11,13-14,16-17,19,23,25H,6-7,12,15H2,(H,29,32);1H/t23-,25+;/m0./s1. The molecule has 0 bridgehead atoms. The first kappa shape index (κ1) is 19.0. The van der Waals surface area contributed by atoms with E-state index in [4.69, 9.17) is 0 Å². The van der Waals surface area contributed by atoms with Crippen molar-refractivity contribution in [3.63, 3.8) is 0 Å².